The van der Waals surface area contributed by atoms with Crippen LogP contribution in [0.2, 0.25) is 0 Å². The first kappa shape index (κ1) is 16.6. The molecule has 6 heteroatoms. The Labute approximate surface area is 134 Å². The molecular formula is C16H20N2O3S. The van der Waals surface area contributed by atoms with Crippen molar-refractivity contribution < 1.29 is 9.47 Å². The second kappa shape index (κ2) is 7.00. The fraction of sp³-hybridized carbons (Fsp3) is 0.375. The van der Waals surface area contributed by atoms with Gasteiger partial charge in [0.15, 0.2) is 11.1 Å². The highest BCUT2D eigenvalue weighted by molar-refractivity contribution is 7.71. The summed E-state index contributed by atoms with van der Waals surface area (Å²) in [6, 6.07) is 6.18. The van der Waals surface area contributed by atoms with Crippen molar-refractivity contribution in [2.45, 2.75) is 26.6 Å². The number of methoxy groups -OCH3 is 2. The molecule has 0 saturated carbocycles. The number of nitrogens with one attached hydrogen (secondary N) is 2. The van der Waals surface area contributed by atoms with Gasteiger partial charge in [-0.2, -0.15) is 0 Å². The van der Waals surface area contributed by atoms with Gasteiger partial charge in [-0.15, -0.1) is 0 Å². The molecule has 1 heterocycles. The topological polar surface area (TPSA) is 67.1 Å². The summed E-state index contributed by atoms with van der Waals surface area (Å²) in [7, 11) is 3.04. The van der Waals surface area contributed by atoms with E-state index in [-0.39, 0.29) is 10.3 Å². The lowest BCUT2D eigenvalue weighted by atomic mass is 9.98. The maximum Gasteiger partial charge on any atom is 0.255 e. The highest BCUT2D eigenvalue weighted by Crippen LogP contribution is 2.21. The third-order valence-electron chi connectivity index (χ3n) is 3.61. The minimum absolute atomic E-state index is 0.223. The molecule has 0 aliphatic rings. The number of rotatable bonds is 5. The number of aromatic nitrogens is 2. The lowest BCUT2D eigenvalue weighted by Crippen LogP contribution is -2.22. The molecule has 2 rings (SSSR count). The first-order valence-corrected chi connectivity index (χ1v) is 7.34. The molecular weight excluding hydrogens is 300 g/mol. The largest absolute Gasteiger partial charge is 0.350 e. The Morgan fingerprint density at radius 3 is 2.50 bits per heavy atom. The minimum Gasteiger partial charge on any atom is -0.350 e. The Kier molecular flexibility index (Phi) is 5.28. The van der Waals surface area contributed by atoms with E-state index in [4.69, 9.17) is 21.7 Å². The molecule has 0 atom stereocenters. The molecule has 1 aromatic heterocycles. The van der Waals surface area contributed by atoms with Crippen molar-refractivity contribution in [3.8, 4) is 0 Å². The Morgan fingerprint density at radius 2 is 1.86 bits per heavy atom. The van der Waals surface area contributed by atoms with E-state index in [1.807, 2.05) is 19.9 Å². The fourth-order valence-corrected chi connectivity index (χ4v) is 2.62. The van der Waals surface area contributed by atoms with Gasteiger partial charge in [0.05, 0.1) is 5.69 Å². The molecule has 2 aromatic rings. The second-order valence-electron chi connectivity index (χ2n) is 5.21. The zero-order valence-electron chi connectivity index (χ0n) is 13.1. The molecule has 22 heavy (non-hydrogen) atoms. The molecule has 0 bridgehead atoms. The number of H-pyrrole nitrogens is 2. The average molecular weight is 320 g/mol. The lowest BCUT2D eigenvalue weighted by Gasteiger charge is -2.17. The number of ether oxygens (including phenoxy) is 2. The number of benzene rings is 1. The maximum atomic E-state index is 12.3. The molecule has 0 saturated heterocycles. The minimum atomic E-state index is -0.663. The monoisotopic (exact) mass is 320 g/mol. The fourth-order valence-electron chi connectivity index (χ4n) is 2.42. The van der Waals surface area contributed by atoms with Gasteiger partial charge in [-0.05, 0) is 37.2 Å². The molecule has 0 unspecified atom stereocenters. The number of hydrogen-bond acceptors (Lipinski definition) is 4. The number of aryl methyl sites for hydroxylation is 2. The van der Waals surface area contributed by atoms with Crippen molar-refractivity contribution in [2.75, 3.05) is 14.2 Å². The first-order valence-electron chi connectivity index (χ1n) is 6.93. The second-order valence-corrected chi connectivity index (χ2v) is 5.62. The van der Waals surface area contributed by atoms with Crippen molar-refractivity contribution in [1.29, 1.82) is 0 Å². The lowest BCUT2D eigenvalue weighted by molar-refractivity contribution is -0.109. The third-order valence-corrected chi connectivity index (χ3v) is 3.81. The standard InChI is InChI=1S/C16H20N2O3S/c1-9-5-6-10(2)11(7-9)8-12-13(15(20-3)21-4)17-16(22)18-14(12)19/h5-7,15H,8H2,1-4H3,(H2,17,18,19,22). The number of aromatic amines is 2. The van der Waals surface area contributed by atoms with Crippen LogP contribution in [0.15, 0.2) is 23.0 Å². The highest BCUT2D eigenvalue weighted by Gasteiger charge is 2.19. The van der Waals surface area contributed by atoms with E-state index in [9.17, 15) is 4.79 Å². The van der Waals surface area contributed by atoms with E-state index in [0.29, 0.717) is 17.7 Å². The molecule has 2 N–H and O–H groups in total. The van der Waals surface area contributed by atoms with Crippen molar-refractivity contribution in [3.63, 3.8) is 0 Å². The van der Waals surface area contributed by atoms with Crippen LogP contribution in [0.5, 0.6) is 0 Å². The summed E-state index contributed by atoms with van der Waals surface area (Å²) in [6.45, 7) is 4.05. The van der Waals surface area contributed by atoms with Gasteiger partial charge < -0.3 is 14.5 Å². The van der Waals surface area contributed by atoms with E-state index < -0.39 is 6.29 Å². The van der Waals surface area contributed by atoms with Gasteiger partial charge in [0, 0.05) is 26.2 Å². The summed E-state index contributed by atoms with van der Waals surface area (Å²) in [6.07, 6.45) is -0.183. The Bertz CT molecular complexity index is 776. The van der Waals surface area contributed by atoms with E-state index in [0.717, 1.165) is 16.7 Å². The quantitative estimate of drug-likeness (QED) is 0.656. The normalized spacial score (nSPS) is 11.1. The Balaban J connectivity index is 2.57. The van der Waals surface area contributed by atoms with Gasteiger partial charge in [-0.3, -0.25) is 9.78 Å². The molecule has 0 fully saturated rings. The van der Waals surface area contributed by atoms with E-state index >= 15 is 0 Å². The highest BCUT2D eigenvalue weighted by atomic mass is 32.1. The molecule has 0 aliphatic carbocycles. The van der Waals surface area contributed by atoms with Crippen LogP contribution in [-0.2, 0) is 15.9 Å². The summed E-state index contributed by atoms with van der Waals surface area (Å²) in [5.74, 6) is 0. The predicted octanol–water partition coefficient (Wildman–Crippen LogP) is 2.93. The van der Waals surface area contributed by atoms with Crippen molar-refractivity contribution in [3.05, 3.63) is 61.3 Å². The van der Waals surface area contributed by atoms with Gasteiger partial charge in [-0.1, -0.05) is 23.8 Å². The Hall–Kier alpha value is -1.76. The summed E-state index contributed by atoms with van der Waals surface area (Å²) >= 11 is 5.05. The molecule has 0 aliphatic heterocycles. The average Bonchev–Trinajstić information content (AvgIpc) is 2.47. The molecule has 0 spiro atoms. The van der Waals surface area contributed by atoms with Crippen molar-refractivity contribution >= 4 is 12.2 Å². The summed E-state index contributed by atoms with van der Waals surface area (Å²) < 4.78 is 10.8. The van der Waals surface area contributed by atoms with Crippen LogP contribution in [0.3, 0.4) is 0 Å². The summed E-state index contributed by atoms with van der Waals surface area (Å²) in [5, 5.41) is 0. The van der Waals surface area contributed by atoms with Gasteiger partial charge >= 0.3 is 0 Å². The van der Waals surface area contributed by atoms with Gasteiger partial charge in [-0.25, -0.2) is 0 Å². The summed E-state index contributed by atoms with van der Waals surface area (Å²) in [4.78, 5) is 18.0. The van der Waals surface area contributed by atoms with Crippen LogP contribution >= 0.6 is 12.2 Å². The SMILES string of the molecule is COC(OC)c1[nH]c(=S)[nH]c(=O)c1Cc1cc(C)ccc1C. The Morgan fingerprint density at radius 1 is 1.18 bits per heavy atom. The zero-order valence-corrected chi connectivity index (χ0v) is 14.0. The van der Waals surface area contributed by atoms with E-state index in [1.54, 1.807) is 0 Å². The van der Waals surface area contributed by atoms with E-state index in [2.05, 4.69) is 22.1 Å². The van der Waals surface area contributed by atoms with E-state index in [1.165, 1.54) is 14.2 Å². The summed E-state index contributed by atoms with van der Waals surface area (Å²) in [5.41, 5.74) is 4.26. The molecule has 118 valence electrons. The van der Waals surface area contributed by atoms with Crippen LogP contribution in [0.1, 0.15) is 34.2 Å². The van der Waals surface area contributed by atoms with Crippen molar-refractivity contribution in [1.82, 2.24) is 9.97 Å². The predicted molar refractivity (Wildman–Crippen MR) is 87.7 cm³/mol. The third kappa shape index (κ3) is 3.52. The molecule has 5 nitrogen and oxygen atoms in total. The van der Waals surface area contributed by atoms with Crippen LogP contribution in [0.4, 0.5) is 0 Å². The smallest absolute Gasteiger partial charge is 0.255 e. The van der Waals surface area contributed by atoms with Crippen LogP contribution in [0, 0.1) is 18.6 Å². The van der Waals surface area contributed by atoms with Crippen LogP contribution in [0.25, 0.3) is 0 Å². The van der Waals surface area contributed by atoms with Crippen LogP contribution < -0.4 is 5.56 Å². The molecule has 0 amide bonds. The van der Waals surface area contributed by atoms with Crippen LogP contribution in [-0.4, -0.2) is 24.2 Å². The van der Waals surface area contributed by atoms with Gasteiger partial charge in [0.2, 0.25) is 0 Å². The van der Waals surface area contributed by atoms with Gasteiger partial charge in [0.25, 0.3) is 5.56 Å². The maximum absolute atomic E-state index is 12.3. The van der Waals surface area contributed by atoms with Gasteiger partial charge in [0.1, 0.15) is 0 Å². The zero-order chi connectivity index (χ0) is 16.3. The molecule has 1 aromatic carbocycles. The first-order chi connectivity index (χ1) is 10.5. The van der Waals surface area contributed by atoms with Crippen molar-refractivity contribution in [2.24, 2.45) is 0 Å². The molecule has 0 radical (unpaired) electrons. The number of hydrogen-bond donors (Lipinski definition) is 2.